The molecule has 0 saturated carbocycles. The summed E-state index contributed by atoms with van der Waals surface area (Å²) in [4.78, 5) is 12.4. The van der Waals surface area contributed by atoms with Gasteiger partial charge in [-0.05, 0) is 34.6 Å². The van der Waals surface area contributed by atoms with Crippen molar-refractivity contribution in [2.24, 2.45) is 0 Å². The largest absolute Gasteiger partial charge is 0.481 e. The van der Waals surface area contributed by atoms with Crippen LogP contribution in [-0.2, 0) is 11.3 Å². The fourth-order valence-corrected chi connectivity index (χ4v) is 1.60. The molecule has 0 atom stereocenters. The SMILES string of the molecule is CCN(CCC(=O)O)Cc1ccc(Br)o1. The zero-order valence-electron chi connectivity index (χ0n) is 8.57. The molecule has 15 heavy (non-hydrogen) atoms. The number of rotatable bonds is 6. The number of halogens is 1. The van der Waals surface area contributed by atoms with Crippen LogP contribution in [0.1, 0.15) is 19.1 Å². The van der Waals surface area contributed by atoms with E-state index in [1.165, 1.54) is 0 Å². The summed E-state index contributed by atoms with van der Waals surface area (Å²) in [6.45, 7) is 4.00. The third kappa shape index (κ3) is 4.48. The van der Waals surface area contributed by atoms with Crippen molar-refractivity contribution in [3.63, 3.8) is 0 Å². The lowest BCUT2D eigenvalue weighted by Gasteiger charge is -2.17. The number of hydrogen-bond acceptors (Lipinski definition) is 3. The zero-order chi connectivity index (χ0) is 11.3. The van der Waals surface area contributed by atoms with Gasteiger partial charge in [0, 0.05) is 6.54 Å². The maximum Gasteiger partial charge on any atom is 0.304 e. The van der Waals surface area contributed by atoms with E-state index in [0.29, 0.717) is 17.8 Å². The minimum absolute atomic E-state index is 0.162. The predicted molar refractivity (Wildman–Crippen MR) is 59.6 cm³/mol. The molecule has 0 unspecified atom stereocenters. The first-order valence-corrected chi connectivity index (χ1v) is 5.59. The Morgan fingerprint density at radius 3 is 2.80 bits per heavy atom. The number of furan rings is 1. The van der Waals surface area contributed by atoms with Gasteiger partial charge in [0.15, 0.2) is 4.67 Å². The molecule has 0 amide bonds. The van der Waals surface area contributed by atoms with E-state index < -0.39 is 5.97 Å². The second kappa shape index (κ2) is 5.92. The van der Waals surface area contributed by atoms with Crippen LogP contribution in [-0.4, -0.2) is 29.1 Å². The molecule has 0 aliphatic rings. The normalized spacial score (nSPS) is 10.9. The standard InChI is InChI=1S/C10H14BrNO3/c1-2-12(6-5-10(13)14)7-8-3-4-9(11)15-8/h3-4H,2,5-7H2,1H3,(H,13,14). The van der Waals surface area contributed by atoms with Crippen LogP contribution in [0.25, 0.3) is 0 Å². The molecule has 1 heterocycles. The van der Waals surface area contributed by atoms with E-state index in [1.54, 1.807) is 0 Å². The summed E-state index contributed by atoms with van der Waals surface area (Å²) in [6.07, 6.45) is 0.162. The van der Waals surface area contributed by atoms with Gasteiger partial charge in [0.25, 0.3) is 0 Å². The van der Waals surface area contributed by atoms with Crippen molar-refractivity contribution in [1.29, 1.82) is 0 Å². The zero-order valence-corrected chi connectivity index (χ0v) is 10.2. The van der Waals surface area contributed by atoms with Crippen molar-refractivity contribution in [1.82, 2.24) is 4.90 Å². The van der Waals surface area contributed by atoms with Gasteiger partial charge >= 0.3 is 5.97 Å². The van der Waals surface area contributed by atoms with Crippen LogP contribution < -0.4 is 0 Å². The summed E-state index contributed by atoms with van der Waals surface area (Å²) >= 11 is 3.23. The van der Waals surface area contributed by atoms with Crippen molar-refractivity contribution in [3.05, 3.63) is 22.6 Å². The smallest absolute Gasteiger partial charge is 0.304 e. The van der Waals surface area contributed by atoms with Crippen LogP contribution in [0.4, 0.5) is 0 Å². The lowest BCUT2D eigenvalue weighted by atomic mass is 10.3. The molecule has 0 saturated heterocycles. The number of hydrogen-bond donors (Lipinski definition) is 1. The maximum atomic E-state index is 10.4. The van der Waals surface area contributed by atoms with Crippen LogP contribution in [0.3, 0.4) is 0 Å². The topological polar surface area (TPSA) is 53.7 Å². The molecule has 0 fully saturated rings. The molecule has 1 rings (SSSR count). The molecular weight excluding hydrogens is 262 g/mol. The molecule has 0 bridgehead atoms. The van der Waals surface area contributed by atoms with Gasteiger partial charge in [-0.3, -0.25) is 9.69 Å². The van der Waals surface area contributed by atoms with Crippen LogP contribution in [0, 0.1) is 0 Å². The molecule has 4 nitrogen and oxygen atoms in total. The van der Waals surface area contributed by atoms with E-state index in [-0.39, 0.29) is 6.42 Å². The maximum absolute atomic E-state index is 10.4. The van der Waals surface area contributed by atoms with Crippen molar-refractivity contribution in [2.75, 3.05) is 13.1 Å². The van der Waals surface area contributed by atoms with E-state index in [1.807, 2.05) is 24.0 Å². The molecule has 1 aromatic heterocycles. The van der Waals surface area contributed by atoms with E-state index in [4.69, 9.17) is 9.52 Å². The second-order valence-corrected chi connectivity index (χ2v) is 4.00. The van der Waals surface area contributed by atoms with Gasteiger partial charge in [-0.2, -0.15) is 0 Å². The molecule has 0 spiro atoms. The Kier molecular flexibility index (Phi) is 4.84. The summed E-state index contributed by atoms with van der Waals surface area (Å²) in [5.41, 5.74) is 0. The van der Waals surface area contributed by atoms with Crippen molar-refractivity contribution in [3.8, 4) is 0 Å². The molecule has 1 aromatic rings. The molecular formula is C10H14BrNO3. The summed E-state index contributed by atoms with van der Waals surface area (Å²) < 4.78 is 6.05. The van der Waals surface area contributed by atoms with Crippen molar-refractivity contribution >= 4 is 21.9 Å². The Balaban J connectivity index is 2.42. The Bertz CT molecular complexity index is 324. The summed E-state index contributed by atoms with van der Waals surface area (Å²) in [6, 6.07) is 3.72. The molecule has 0 aliphatic heterocycles. The second-order valence-electron chi connectivity index (χ2n) is 3.22. The fourth-order valence-electron chi connectivity index (χ4n) is 1.26. The molecule has 0 aromatic carbocycles. The number of carbonyl (C=O) groups is 1. The Hall–Kier alpha value is -0.810. The van der Waals surface area contributed by atoms with Crippen LogP contribution in [0.15, 0.2) is 21.2 Å². The minimum atomic E-state index is -0.769. The highest BCUT2D eigenvalue weighted by molar-refractivity contribution is 9.10. The highest BCUT2D eigenvalue weighted by Gasteiger charge is 2.08. The van der Waals surface area contributed by atoms with Crippen LogP contribution in [0.5, 0.6) is 0 Å². The lowest BCUT2D eigenvalue weighted by molar-refractivity contribution is -0.137. The van der Waals surface area contributed by atoms with Gasteiger partial charge in [-0.15, -0.1) is 0 Å². The van der Waals surface area contributed by atoms with Gasteiger partial charge in [0.2, 0.25) is 0 Å². The van der Waals surface area contributed by atoms with Gasteiger partial charge in [0.1, 0.15) is 5.76 Å². The average molecular weight is 276 g/mol. The van der Waals surface area contributed by atoms with Gasteiger partial charge in [0.05, 0.1) is 13.0 Å². The van der Waals surface area contributed by atoms with Crippen molar-refractivity contribution in [2.45, 2.75) is 19.9 Å². The van der Waals surface area contributed by atoms with Gasteiger partial charge in [-0.25, -0.2) is 0 Å². The number of carboxylic acids is 1. The summed E-state index contributed by atoms with van der Waals surface area (Å²) in [5.74, 6) is 0.0724. The third-order valence-corrected chi connectivity index (χ3v) is 2.52. The monoisotopic (exact) mass is 275 g/mol. The van der Waals surface area contributed by atoms with Crippen molar-refractivity contribution < 1.29 is 14.3 Å². The minimum Gasteiger partial charge on any atom is -0.481 e. The van der Waals surface area contributed by atoms with Gasteiger partial charge in [-0.1, -0.05) is 6.92 Å². The first-order chi connectivity index (χ1) is 7.11. The fraction of sp³-hybridized carbons (Fsp3) is 0.500. The van der Waals surface area contributed by atoms with E-state index in [2.05, 4.69) is 15.9 Å². The van der Waals surface area contributed by atoms with E-state index in [0.717, 1.165) is 12.3 Å². The van der Waals surface area contributed by atoms with Crippen LogP contribution >= 0.6 is 15.9 Å². The van der Waals surface area contributed by atoms with Crippen LogP contribution in [0.2, 0.25) is 0 Å². The molecule has 5 heteroatoms. The molecule has 0 aliphatic carbocycles. The molecule has 0 radical (unpaired) electrons. The Labute approximate surface area is 97.0 Å². The summed E-state index contributed by atoms with van der Waals surface area (Å²) in [7, 11) is 0. The number of aliphatic carboxylic acids is 1. The lowest BCUT2D eigenvalue weighted by Crippen LogP contribution is -2.25. The number of carboxylic acid groups (broad SMARTS) is 1. The summed E-state index contributed by atoms with van der Waals surface area (Å²) in [5, 5.41) is 8.57. The van der Waals surface area contributed by atoms with E-state index >= 15 is 0 Å². The predicted octanol–water partition coefficient (Wildman–Crippen LogP) is 2.34. The van der Waals surface area contributed by atoms with Gasteiger partial charge < -0.3 is 9.52 Å². The highest BCUT2D eigenvalue weighted by Crippen LogP contribution is 2.15. The first kappa shape index (κ1) is 12.3. The first-order valence-electron chi connectivity index (χ1n) is 4.80. The average Bonchev–Trinajstić information content (AvgIpc) is 2.58. The molecule has 1 N–H and O–H groups in total. The quantitative estimate of drug-likeness (QED) is 0.866. The highest BCUT2D eigenvalue weighted by atomic mass is 79.9. The Morgan fingerprint density at radius 2 is 2.33 bits per heavy atom. The third-order valence-electron chi connectivity index (χ3n) is 2.10. The Morgan fingerprint density at radius 1 is 1.60 bits per heavy atom. The number of nitrogens with zero attached hydrogens (tertiary/aromatic N) is 1. The van der Waals surface area contributed by atoms with E-state index in [9.17, 15) is 4.79 Å². The molecule has 84 valence electrons.